The Labute approximate surface area is 105 Å². The van der Waals surface area contributed by atoms with Crippen LogP contribution in [0.5, 0.6) is 0 Å². The molecule has 18 heavy (non-hydrogen) atoms. The first kappa shape index (κ1) is 14.3. The zero-order valence-electron chi connectivity index (χ0n) is 9.50. The maximum atomic E-state index is 10.4. The number of rotatable bonds is 1. The summed E-state index contributed by atoms with van der Waals surface area (Å²) in [7, 11) is -4.00. The minimum absolute atomic E-state index is 0.0741. The summed E-state index contributed by atoms with van der Waals surface area (Å²) in [6.45, 7) is 0. The first-order valence-electron chi connectivity index (χ1n) is 5.25. The Balaban J connectivity index is 0.000000184. The first-order chi connectivity index (χ1) is 8.39. The average Bonchev–Trinajstić information content (AvgIpc) is 2.29. The summed E-state index contributed by atoms with van der Waals surface area (Å²) in [4.78, 5) is 20.6. The minimum atomic E-state index is -4.00. The van der Waals surface area contributed by atoms with Crippen LogP contribution < -0.4 is 5.32 Å². The fraction of sp³-hybridized carbons (Fsp3) is 0.273. The van der Waals surface area contributed by atoms with Crippen LogP contribution >= 0.6 is 0 Å². The highest BCUT2D eigenvalue weighted by molar-refractivity contribution is 7.85. The van der Waals surface area contributed by atoms with Crippen molar-refractivity contribution in [3.8, 4) is 0 Å². The van der Waals surface area contributed by atoms with E-state index >= 15 is 0 Å². The van der Waals surface area contributed by atoms with Crippen molar-refractivity contribution in [2.75, 3.05) is 0 Å². The van der Waals surface area contributed by atoms with Gasteiger partial charge in [0.2, 0.25) is 11.8 Å². The fourth-order valence-electron chi connectivity index (χ4n) is 1.28. The van der Waals surface area contributed by atoms with E-state index in [1.54, 1.807) is 18.2 Å². The second-order valence-corrected chi connectivity index (χ2v) is 5.03. The Hall–Kier alpha value is -1.73. The van der Waals surface area contributed by atoms with E-state index in [1.165, 1.54) is 12.1 Å². The smallest absolute Gasteiger partial charge is 0.294 e. The van der Waals surface area contributed by atoms with Gasteiger partial charge in [0.1, 0.15) is 0 Å². The Kier molecular flexibility index (Phi) is 4.99. The highest BCUT2D eigenvalue weighted by Gasteiger charge is 2.13. The van der Waals surface area contributed by atoms with Crippen molar-refractivity contribution in [3.63, 3.8) is 0 Å². The Morgan fingerprint density at radius 2 is 1.50 bits per heavy atom. The summed E-state index contributed by atoms with van der Waals surface area (Å²) >= 11 is 0. The van der Waals surface area contributed by atoms with E-state index in [0.717, 1.165) is 0 Å². The molecule has 1 fully saturated rings. The lowest BCUT2D eigenvalue weighted by molar-refractivity contribution is -0.132. The van der Waals surface area contributed by atoms with Gasteiger partial charge in [-0.1, -0.05) is 18.2 Å². The molecule has 2 rings (SSSR count). The lowest BCUT2D eigenvalue weighted by Crippen LogP contribution is -2.33. The van der Waals surface area contributed by atoms with Crippen LogP contribution in [0.3, 0.4) is 0 Å². The number of piperidine rings is 1. The molecule has 1 heterocycles. The highest BCUT2D eigenvalue weighted by atomic mass is 32.2. The number of hydrogen-bond donors (Lipinski definition) is 2. The zero-order valence-corrected chi connectivity index (χ0v) is 10.3. The van der Waals surface area contributed by atoms with E-state index in [1.807, 2.05) is 0 Å². The number of nitrogens with one attached hydrogen (secondary N) is 1. The molecule has 1 aliphatic heterocycles. The molecule has 0 atom stereocenters. The predicted octanol–water partition coefficient (Wildman–Crippen LogP) is 0.746. The lowest BCUT2D eigenvalue weighted by Gasteiger charge is -2.07. The Morgan fingerprint density at radius 3 is 1.78 bits per heavy atom. The van der Waals surface area contributed by atoms with Crippen molar-refractivity contribution >= 4 is 21.9 Å². The van der Waals surface area contributed by atoms with Gasteiger partial charge in [-0.25, -0.2) is 0 Å². The van der Waals surface area contributed by atoms with Crippen LogP contribution in [0.15, 0.2) is 35.2 Å². The number of carbonyl (C=O) groups excluding carboxylic acids is 2. The van der Waals surface area contributed by atoms with Gasteiger partial charge in [-0.3, -0.25) is 19.5 Å². The van der Waals surface area contributed by atoms with Crippen LogP contribution in [0.4, 0.5) is 0 Å². The summed E-state index contributed by atoms with van der Waals surface area (Å²) in [5.41, 5.74) is 0. The summed E-state index contributed by atoms with van der Waals surface area (Å²) in [6, 6.07) is 7.42. The van der Waals surface area contributed by atoms with Gasteiger partial charge >= 0.3 is 0 Å². The maximum Gasteiger partial charge on any atom is 0.294 e. The molecule has 1 saturated heterocycles. The molecule has 7 heteroatoms. The van der Waals surface area contributed by atoms with Gasteiger partial charge in [0.05, 0.1) is 4.90 Å². The lowest BCUT2D eigenvalue weighted by atomic mass is 10.1. The molecule has 0 aliphatic carbocycles. The molecule has 1 aromatic carbocycles. The van der Waals surface area contributed by atoms with Crippen molar-refractivity contribution in [3.05, 3.63) is 30.3 Å². The number of hydrogen-bond acceptors (Lipinski definition) is 4. The van der Waals surface area contributed by atoms with E-state index in [2.05, 4.69) is 5.32 Å². The third-order valence-corrected chi connectivity index (χ3v) is 3.00. The van der Waals surface area contributed by atoms with Crippen molar-refractivity contribution < 1.29 is 22.6 Å². The van der Waals surface area contributed by atoms with Gasteiger partial charge in [0.25, 0.3) is 10.1 Å². The van der Waals surface area contributed by atoms with E-state index in [-0.39, 0.29) is 16.7 Å². The molecule has 2 amide bonds. The van der Waals surface area contributed by atoms with Crippen molar-refractivity contribution in [1.29, 1.82) is 0 Å². The highest BCUT2D eigenvalue weighted by Crippen LogP contribution is 2.05. The third kappa shape index (κ3) is 5.07. The number of benzene rings is 1. The molecule has 0 unspecified atom stereocenters. The molecule has 0 spiro atoms. The molecule has 0 radical (unpaired) electrons. The topological polar surface area (TPSA) is 101 Å². The summed E-state index contributed by atoms with van der Waals surface area (Å²) in [5, 5.41) is 2.20. The van der Waals surface area contributed by atoms with Crippen molar-refractivity contribution in [1.82, 2.24) is 5.32 Å². The van der Waals surface area contributed by atoms with Gasteiger partial charge in [0.15, 0.2) is 0 Å². The molecular formula is C11H13NO5S. The maximum absolute atomic E-state index is 10.4. The Morgan fingerprint density at radius 1 is 1.00 bits per heavy atom. The zero-order chi connectivity index (χ0) is 13.6. The normalized spacial score (nSPS) is 15.4. The van der Waals surface area contributed by atoms with Gasteiger partial charge in [-0.05, 0) is 18.6 Å². The standard InChI is InChI=1S/C6H6O3S.C5H7NO2/c7-10(8,9)6-4-2-1-3-5-6;7-4-2-1-3-5(8)6-4/h1-5H,(H,7,8,9);1-3H2,(H,6,7,8). The summed E-state index contributed by atoms with van der Waals surface area (Å²) in [5.74, 6) is -0.275. The molecule has 0 bridgehead atoms. The summed E-state index contributed by atoms with van der Waals surface area (Å²) < 4.78 is 29.2. The van der Waals surface area contributed by atoms with Gasteiger partial charge in [-0.15, -0.1) is 0 Å². The number of amides is 2. The van der Waals surface area contributed by atoms with E-state index in [9.17, 15) is 18.0 Å². The molecular weight excluding hydrogens is 258 g/mol. The molecule has 6 nitrogen and oxygen atoms in total. The van der Waals surface area contributed by atoms with Gasteiger partial charge in [0, 0.05) is 12.8 Å². The van der Waals surface area contributed by atoms with E-state index in [0.29, 0.717) is 19.3 Å². The van der Waals surface area contributed by atoms with Crippen LogP contribution in [-0.4, -0.2) is 24.8 Å². The first-order valence-corrected chi connectivity index (χ1v) is 6.69. The quantitative estimate of drug-likeness (QED) is 0.579. The molecule has 98 valence electrons. The van der Waals surface area contributed by atoms with Gasteiger partial charge < -0.3 is 0 Å². The molecule has 1 aromatic rings. The van der Waals surface area contributed by atoms with E-state index < -0.39 is 10.1 Å². The van der Waals surface area contributed by atoms with Crippen LogP contribution in [0.1, 0.15) is 19.3 Å². The van der Waals surface area contributed by atoms with Crippen LogP contribution in [0.2, 0.25) is 0 Å². The molecule has 2 N–H and O–H groups in total. The molecule has 1 aliphatic rings. The van der Waals surface area contributed by atoms with Gasteiger partial charge in [-0.2, -0.15) is 8.42 Å². The second kappa shape index (κ2) is 6.27. The fourth-order valence-corrected chi connectivity index (χ4v) is 1.78. The van der Waals surface area contributed by atoms with Crippen molar-refractivity contribution in [2.24, 2.45) is 0 Å². The molecule has 0 aromatic heterocycles. The van der Waals surface area contributed by atoms with Crippen LogP contribution in [0.25, 0.3) is 0 Å². The largest absolute Gasteiger partial charge is 0.296 e. The molecule has 0 saturated carbocycles. The van der Waals surface area contributed by atoms with Crippen LogP contribution in [0, 0.1) is 0 Å². The van der Waals surface area contributed by atoms with E-state index in [4.69, 9.17) is 4.55 Å². The SMILES string of the molecule is O=C1CCCC(=O)N1.O=S(=O)(O)c1ccccc1. The third-order valence-electron chi connectivity index (χ3n) is 2.13. The number of carbonyl (C=O) groups is 2. The number of imide groups is 1. The minimum Gasteiger partial charge on any atom is -0.296 e. The average molecular weight is 271 g/mol. The Bertz CT molecular complexity index is 510. The van der Waals surface area contributed by atoms with Crippen LogP contribution in [-0.2, 0) is 19.7 Å². The second-order valence-electron chi connectivity index (χ2n) is 3.61. The predicted molar refractivity (Wildman–Crippen MR) is 63.3 cm³/mol. The monoisotopic (exact) mass is 271 g/mol. The summed E-state index contributed by atoms with van der Waals surface area (Å²) in [6.07, 6.45) is 1.72. The van der Waals surface area contributed by atoms with Crippen molar-refractivity contribution in [2.45, 2.75) is 24.2 Å².